The summed E-state index contributed by atoms with van der Waals surface area (Å²) in [6.07, 6.45) is 4.76. The molecular weight excluding hydrogens is 388 g/mol. The van der Waals surface area contributed by atoms with E-state index in [2.05, 4.69) is 91.9 Å². The molecule has 0 aliphatic heterocycles. The molecule has 2 aliphatic rings. The van der Waals surface area contributed by atoms with Crippen LogP contribution in [0.25, 0.3) is 22.3 Å². The van der Waals surface area contributed by atoms with Crippen LogP contribution in [-0.2, 0) is 12.8 Å². The molecular formula is C30H27Si. The van der Waals surface area contributed by atoms with Crippen molar-refractivity contribution < 1.29 is 0 Å². The van der Waals surface area contributed by atoms with Gasteiger partial charge in [-0.1, -0.05) is 121 Å². The van der Waals surface area contributed by atoms with Gasteiger partial charge in [0.15, 0.2) is 0 Å². The number of rotatable bonds is 5. The van der Waals surface area contributed by atoms with E-state index in [1.165, 1.54) is 52.3 Å². The van der Waals surface area contributed by atoms with E-state index < -0.39 is 8.80 Å². The quantitative estimate of drug-likeness (QED) is 0.292. The molecule has 4 aromatic carbocycles. The predicted octanol–water partition coefficient (Wildman–Crippen LogP) is 6.24. The summed E-state index contributed by atoms with van der Waals surface area (Å²) in [6.45, 7) is 2.33. The molecule has 0 saturated heterocycles. The summed E-state index contributed by atoms with van der Waals surface area (Å²) in [5.74, 6) is 0. The van der Waals surface area contributed by atoms with E-state index in [4.69, 9.17) is 0 Å². The van der Waals surface area contributed by atoms with E-state index in [0.717, 1.165) is 12.8 Å². The molecule has 0 heterocycles. The molecule has 0 N–H and O–H groups in total. The Bertz CT molecular complexity index is 1190. The first-order valence-electron chi connectivity index (χ1n) is 11.6. The highest BCUT2D eigenvalue weighted by atomic mass is 28.3. The molecule has 151 valence electrons. The van der Waals surface area contributed by atoms with Gasteiger partial charge < -0.3 is 0 Å². The van der Waals surface area contributed by atoms with Crippen LogP contribution in [0.15, 0.2) is 84.9 Å². The third-order valence-electron chi connectivity index (χ3n) is 7.13. The highest BCUT2D eigenvalue weighted by molar-refractivity contribution is 6.86. The maximum Gasteiger partial charge on any atom is 0.122 e. The Balaban J connectivity index is 1.50. The second-order valence-electron chi connectivity index (χ2n) is 8.91. The summed E-state index contributed by atoms with van der Waals surface area (Å²) in [5.41, 5.74) is 12.0. The van der Waals surface area contributed by atoms with Crippen LogP contribution < -0.4 is 10.4 Å². The molecule has 1 heteroatoms. The van der Waals surface area contributed by atoms with Crippen molar-refractivity contribution in [1.82, 2.24) is 0 Å². The maximum absolute atomic E-state index is 2.45. The molecule has 0 atom stereocenters. The second-order valence-corrected chi connectivity index (χ2v) is 11.4. The molecule has 6 rings (SSSR count). The van der Waals surface area contributed by atoms with E-state index in [-0.39, 0.29) is 0 Å². The Morgan fingerprint density at radius 3 is 1.58 bits per heavy atom. The van der Waals surface area contributed by atoms with Gasteiger partial charge >= 0.3 is 0 Å². The van der Waals surface area contributed by atoms with Crippen molar-refractivity contribution >= 4 is 19.2 Å². The topological polar surface area (TPSA) is 0 Å². The van der Waals surface area contributed by atoms with Crippen molar-refractivity contribution in [3.63, 3.8) is 0 Å². The standard InChI is InChI=1S/C30H27Si/c1-2-3-18-31(29-16-8-14-25-23-12-6-4-10-21(23)19-27(25)29)30-17-9-15-26-24-13-7-5-11-22(24)20-28(26)30/h4-17H,2-3,18-20H2,1H3. The van der Waals surface area contributed by atoms with Gasteiger partial charge in [-0.05, 0) is 57.3 Å². The fourth-order valence-electron chi connectivity index (χ4n) is 5.65. The summed E-state index contributed by atoms with van der Waals surface area (Å²) < 4.78 is 0. The van der Waals surface area contributed by atoms with Crippen molar-refractivity contribution in [2.75, 3.05) is 0 Å². The molecule has 0 saturated carbocycles. The first-order valence-corrected chi connectivity index (χ1v) is 13.3. The lowest BCUT2D eigenvalue weighted by molar-refractivity contribution is 0.878. The Labute approximate surface area is 187 Å². The van der Waals surface area contributed by atoms with Crippen LogP contribution in [0, 0.1) is 0 Å². The highest BCUT2D eigenvalue weighted by Crippen LogP contribution is 2.37. The van der Waals surface area contributed by atoms with Gasteiger partial charge in [-0.2, -0.15) is 0 Å². The zero-order valence-corrected chi connectivity index (χ0v) is 19.1. The van der Waals surface area contributed by atoms with Gasteiger partial charge in [-0.25, -0.2) is 0 Å². The van der Waals surface area contributed by atoms with Gasteiger partial charge in [0.05, 0.1) is 0 Å². The summed E-state index contributed by atoms with van der Waals surface area (Å²) in [4.78, 5) is 0. The first-order chi connectivity index (χ1) is 15.3. The minimum Gasteiger partial charge on any atom is -0.0654 e. The number of benzene rings is 4. The highest BCUT2D eigenvalue weighted by Gasteiger charge is 2.30. The van der Waals surface area contributed by atoms with Crippen LogP contribution in [0.3, 0.4) is 0 Å². The van der Waals surface area contributed by atoms with Crippen LogP contribution in [-0.4, -0.2) is 8.80 Å². The van der Waals surface area contributed by atoms with Crippen molar-refractivity contribution in [1.29, 1.82) is 0 Å². The van der Waals surface area contributed by atoms with E-state index in [1.807, 2.05) is 0 Å². The van der Waals surface area contributed by atoms with E-state index >= 15 is 0 Å². The van der Waals surface area contributed by atoms with Crippen LogP contribution >= 0.6 is 0 Å². The van der Waals surface area contributed by atoms with Crippen LogP contribution in [0.5, 0.6) is 0 Å². The summed E-state index contributed by atoms with van der Waals surface area (Å²) in [7, 11) is -0.844. The van der Waals surface area contributed by atoms with E-state index in [0.29, 0.717) is 0 Å². The molecule has 0 spiro atoms. The number of hydrogen-bond acceptors (Lipinski definition) is 0. The van der Waals surface area contributed by atoms with Crippen molar-refractivity contribution in [3.05, 3.63) is 107 Å². The average Bonchev–Trinajstić information content (AvgIpc) is 3.38. The minimum absolute atomic E-state index is 0.844. The zero-order chi connectivity index (χ0) is 20.8. The first kappa shape index (κ1) is 18.8. The second kappa shape index (κ2) is 7.66. The third kappa shape index (κ3) is 3.03. The minimum atomic E-state index is -0.844. The van der Waals surface area contributed by atoms with Crippen molar-refractivity contribution in [2.24, 2.45) is 0 Å². The molecule has 1 radical (unpaired) electrons. The van der Waals surface area contributed by atoms with Crippen LogP contribution in [0.2, 0.25) is 6.04 Å². The summed E-state index contributed by atoms with van der Waals surface area (Å²) >= 11 is 0. The predicted molar refractivity (Wildman–Crippen MR) is 134 cm³/mol. The molecule has 0 amide bonds. The Hall–Kier alpha value is -2.90. The zero-order valence-electron chi connectivity index (χ0n) is 18.1. The number of unbranched alkanes of at least 4 members (excludes halogenated alkanes) is 1. The van der Waals surface area contributed by atoms with Gasteiger partial charge in [0.1, 0.15) is 8.80 Å². The Morgan fingerprint density at radius 1 is 0.581 bits per heavy atom. The van der Waals surface area contributed by atoms with Gasteiger partial charge in [0.2, 0.25) is 0 Å². The molecule has 31 heavy (non-hydrogen) atoms. The van der Waals surface area contributed by atoms with Gasteiger partial charge in [-0.3, -0.25) is 0 Å². The normalized spacial score (nSPS) is 13.1. The largest absolute Gasteiger partial charge is 0.122 e. The van der Waals surface area contributed by atoms with Gasteiger partial charge in [-0.15, -0.1) is 0 Å². The SMILES string of the molecule is CCCC[Si](c1cccc2c1Cc1ccccc1-2)c1cccc2c1Cc1ccccc1-2. The lowest BCUT2D eigenvalue weighted by Gasteiger charge is -2.22. The lowest BCUT2D eigenvalue weighted by Crippen LogP contribution is -2.45. The van der Waals surface area contributed by atoms with Gasteiger partial charge in [0.25, 0.3) is 0 Å². The lowest BCUT2D eigenvalue weighted by atomic mass is 10.1. The fraction of sp³-hybridized carbons (Fsp3) is 0.200. The molecule has 0 unspecified atom stereocenters. The van der Waals surface area contributed by atoms with Crippen LogP contribution in [0.1, 0.15) is 42.0 Å². The molecule has 4 aromatic rings. The number of fused-ring (bicyclic) bond motifs is 6. The smallest absolute Gasteiger partial charge is 0.0654 e. The molecule has 0 fully saturated rings. The summed E-state index contributed by atoms with van der Waals surface area (Å²) in [5, 5.41) is 3.30. The molecule has 2 aliphatic carbocycles. The van der Waals surface area contributed by atoms with Crippen molar-refractivity contribution in [2.45, 2.75) is 38.7 Å². The Kier molecular flexibility index (Phi) is 4.65. The maximum atomic E-state index is 2.45. The Morgan fingerprint density at radius 2 is 1.06 bits per heavy atom. The van der Waals surface area contributed by atoms with Gasteiger partial charge in [0, 0.05) is 0 Å². The van der Waals surface area contributed by atoms with E-state index in [1.54, 1.807) is 21.5 Å². The van der Waals surface area contributed by atoms with E-state index in [9.17, 15) is 0 Å². The molecule has 0 aromatic heterocycles. The fourth-order valence-corrected chi connectivity index (χ4v) is 8.95. The average molecular weight is 416 g/mol. The van der Waals surface area contributed by atoms with Crippen molar-refractivity contribution in [3.8, 4) is 22.3 Å². The number of hydrogen-bond donors (Lipinski definition) is 0. The summed E-state index contributed by atoms with van der Waals surface area (Å²) in [6, 6.07) is 33.5. The molecule has 0 bridgehead atoms. The molecule has 0 nitrogen and oxygen atoms in total. The monoisotopic (exact) mass is 415 g/mol. The van der Waals surface area contributed by atoms with Crippen LogP contribution in [0.4, 0.5) is 0 Å². The third-order valence-corrected chi connectivity index (χ3v) is 10.2.